The zero-order valence-corrected chi connectivity index (χ0v) is 12.4. The number of aromatic amines is 1. The van der Waals surface area contributed by atoms with Crippen LogP contribution in [0.1, 0.15) is 12.6 Å². The Balaban J connectivity index is 2.70. The quantitative estimate of drug-likeness (QED) is 0.520. The van der Waals surface area contributed by atoms with Crippen molar-refractivity contribution >= 4 is 33.8 Å². The van der Waals surface area contributed by atoms with Crippen LogP contribution >= 0.6 is 28.1 Å². The number of benzene rings is 1. The summed E-state index contributed by atoms with van der Waals surface area (Å²) in [7, 11) is 0. The second-order valence-corrected chi connectivity index (χ2v) is 4.99. The molecule has 0 bridgehead atoms. The molecule has 98 valence electrons. The Kier molecular flexibility index (Phi) is 4.06. The van der Waals surface area contributed by atoms with Crippen molar-refractivity contribution in [3.05, 3.63) is 49.2 Å². The van der Waals surface area contributed by atoms with Gasteiger partial charge in [0.1, 0.15) is 10.5 Å². The van der Waals surface area contributed by atoms with Crippen LogP contribution in [0.5, 0.6) is 0 Å². The van der Waals surface area contributed by atoms with Crippen LogP contribution in [0.3, 0.4) is 0 Å². The zero-order chi connectivity index (χ0) is 14.0. The van der Waals surface area contributed by atoms with E-state index in [9.17, 15) is 10.1 Å². The number of hydrogen-bond donors (Lipinski definition) is 1. The SMILES string of the molecule is CCc1[nH]c(-c2ccccc2[N+](=O)[O-])nc(=S)c1Br. The highest BCUT2D eigenvalue weighted by Crippen LogP contribution is 2.28. The fourth-order valence-corrected chi connectivity index (χ4v) is 2.39. The summed E-state index contributed by atoms with van der Waals surface area (Å²) in [6.07, 6.45) is 0.723. The van der Waals surface area contributed by atoms with Crippen molar-refractivity contribution in [1.82, 2.24) is 9.97 Å². The Morgan fingerprint density at radius 2 is 2.16 bits per heavy atom. The van der Waals surface area contributed by atoms with E-state index in [2.05, 4.69) is 25.9 Å². The van der Waals surface area contributed by atoms with Gasteiger partial charge in [-0.1, -0.05) is 31.3 Å². The van der Waals surface area contributed by atoms with E-state index in [1.807, 2.05) is 6.92 Å². The van der Waals surface area contributed by atoms with Crippen LogP contribution in [-0.2, 0) is 6.42 Å². The van der Waals surface area contributed by atoms with Crippen molar-refractivity contribution in [2.75, 3.05) is 0 Å². The molecule has 19 heavy (non-hydrogen) atoms. The molecule has 0 aliphatic heterocycles. The molecule has 1 heterocycles. The summed E-state index contributed by atoms with van der Waals surface area (Å²) in [5.74, 6) is 0.414. The second kappa shape index (κ2) is 5.58. The molecule has 2 rings (SSSR count). The molecular formula is C12H10BrN3O2S. The normalized spacial score (nSPS) is 10.4. The van der Waals surface area contributed by atoms with Gasteiger partial charge in [0, 0.05) is 11.8 Å². The van der Waals surface area contributed by atoms with E-state index in [-0.39, 0.29) is 5.69 Å². The lowest BCUT2D eigenvalue weighted by Crippen LogP contribution is -1.99. The molecule has 1 N–H and O–H groups in total. The van der Waals surface area contributed by atoms with E-state index < -0.39 is 4.92 Å². The minimum absolute atomic E-state index is 0.00465. The summed E-state index contributed by atoms with van der Waals surface area (Å²) < 4.78 is 1.12. The van der Waals surface area contributed by atoms with Gasteiger partial charge in [0.05, 0.1) is 15.0 Å². The second-order valence-electron chi connectivity index (χ2n) is 3.81. The highest BCUT2D eigenvalue weighted by atomic mass is 79.9. The number of hydrogen-bond acceptors (Lipinski definition) is 4. The van der Waals surface area contributed by atoms with Gasteiger partial charge >= 0.3 is 0 Å². The first-order valence-electron chi connectivity index (χ1n) is 5.57. The lowest BCUT2D eigenvalue weighted by atomic mass is 10.1. The molecule has 0 aliphatic carbocycles. The summed E-state index contributed by atoms with van der Waals surface area (Å²) in [6.45, 7) is 1.97. The third kappa shape index (κ3) is 2.71. The van der Waals surface area contributed by atoms with Gasteiger partial charge < -0.3 is 4.98 Å². The number of halogens is 1. The number of aromatic nitrogens is 2. The van der Waals surface area contributed by atoms with Crippen LogP contribution in [-0.4, -0.2) is 14.9 Å². The van der Waals surface area contributed by atoms with Gasteiger partial charge in [0.25, 0.3) is 5.69 Å². The van der Waals surface area contributed by atoms with Gasteiger partial charge in [0.15, 0.2) is 0 Å². The smallest absolute Gasteiger partial charge is 0.280 e. The summed E-state index contributed by atoms with van der Waals surface area (Å²) in [4.78, 5) is 17.9. The summed E-state index contributed by atoms with van der Waals surface area (Å²) >= 11 is 8.52. The Morgan fingerprint density at radius 3 is 2.79 bits per heavy atom. The van der Waals surface area contributed by atoms with E-state index in [0.717, 1.165) is 16.6 Å². The van der Waals surface area contributed by atoms with Crippen molar-refractivity contribution in [2.24, 2.45) is 0 Å². The molecule has 1 aromatic carbocycles. The predicted octanol–water partition coefficient (Wildman–Crippen LogP) is 4.04. The molecule has 0 atom stereocenters. The first-order valence-corrected chi connectivity index (χ1v) is 6.77. The average Bonchev–Trinajstić information content (AvgIpc) is 2.41. The van der Waals surface area contributed by atoms with Crippen LogP contribution < -0.4 is 0 Å². The lowest BCUT2D eigenvalue weighted by Gasteiger charge is -2.07. The van der Waals surface area contributed by atoms with Crippen molar-refractivity contribution in [3.63, 3.8) is 0 Å². The molecule has 0 unspecified atom stereocenters. The van der Waals surface area contributed by atoms with E-state index >= 15 is 0 Å². The molecule has 1 aromatic heterocycles. The predicted molar refractivity (Wildman–Crippen MR) is 78.6 cm³/mol. The number of aryl methyl sites for hydroxylation is 1. The van der Waals surface area contributed by atoms with Crippen LogP contribution in [0.2, 0.25) is 0 Å². The van der Waals surface area contributed by atoms with Crippen LogP contribution in [0.25, 0.3) is 11.4 Å². The van der Waals surface area contributed by atoms with Crippen molar-refractivity contribution < 1.29 is 4.92 Å². The number of para-hydroxylation sites is 1. The molecule has 7 heteroatoms. The average molecular weight is 340 g/mol. The maximum Gasteiger partial charge on any atom is 0.280 e. The molecule has 0 saturated carbocycles. The van der Waals surface area contributed by atoms with Crippen molar-refractivity contribution in [2.45, 2.75) is 13.3 Å². The highest BCUT2D eigenvalue weighted by Gasteiger charge is 2.17. The number of H-pyrrole nitrogens is 1. The Labute approximate surface area is 123 Å². The maximum absolute atomic E-state index is 11.0. The van der Waals surface area contributed by atoms with Crippen LogP contribution in [0.4, 0.5) is 5.69 Å². The topological polar surface area (TPSA) is 71.8 Å². The molecule has 2 aromatic rings. The minimum Gasteiger partial charge on any atom is -0.342 e. The molecule has 0 spiro atoms. The Hall–Kier alpha value is -1.60. The molecule has 0 radical (unpaired) electrons. The van der Waals surface area contributed by atoms with E-state index in [4.69, 9.17) is 12.2 Å². The molecule has 5 nitrogen and oxygen atoms in total. The van der Waals surface area contributed by atoms with Gasteiger partial charge in [0.2, 0.25) is 0 Å². The molecule has 0 aliphatic rings. The Morgan fingerprint density at radius 1 is 1.47 bits per heavy atom. The van der Waals surface area contributed by atoms with Gasteiger partial charge in [-0.15, -0.1) is 0 Å². The third-order valence-electron chi connectivity index (χ3n) is 2.64. The van der Waals surface area contributed by atoms with Crippen LogP contribution in [0.15, 0.2) is 28.7 Å². The summed E-state index contributed by atoms with van der Waals surface area (Å²) in [6, 6.07) is 6.45. The molecule has 0 fully saturated rings. The van der Waals surface area contributed by atoms with Crippen molar-refractivity contribution in [1.29, 1.82) is 0 Å². The maximum atomic E-state index is 11.0. The van der Waals surface area contributed by atoms with Crippen molar-refractivity contribution in [3.8, 4) is 11.4 Å². The highest BCUT2D eigenvalue weighted by molar-refractivity contribution is 9.10. The van der Waals surface area contributed by atoms with Gasteiger partial charge in [-0.2, -0.15) is 0 Å². The molecular weight excluding hydrogens is 330 g/mol. The first-order chi connectivity index (χ1) is 9.04. The number of nitrogens with zero attached hydrogens (tertiary/aromatic N) is 2. The Bertz CT molecular complexity index is 700. The third-order valence-corrected chi connectivity index (χ3v) is 4.06. The van der Waals surface area contributed by atoms with Gasteiger partial charge in [-0.25, -0.2) is 4.98 Å². The largest absolute Gasteiger partial charge is 0.342 e. The molecule has 0 saturated heterocycles. The van der Waals surface area contributed by atoms with Crippen LogP contribution in [0, 0.1) is 14.8 Å². The zero-order valence-electron chi connectivity index (χ0n) is 10.0. The van der Waals surface area contributed by atoms with E-state index in [0.29, 0.717) is 16.0 Å². The van der Waals surface area contributed by atoms with E-state index in [1.54, 1.807) is 18.2 Å². The summed E-state index contributed by atoms with van der Waals surface area (Å²) in [5.41, 5.74) is 1.30. The first kappa shape index (κ1) is 13.8. The fourth-order valence-electron chi connectivity index (χ4n) is 1.71. The van der Waals surface area contributed by atoms with E-state index in [1.165, 1.54) is 6.07 Å². The summed E-state index contributed by atoms with van der Waals surface area (Å²) in [5, 5.41) is 11.0. The lowest BCUT2D eigenvalue weighted by molar-refractivity contribution is -0.384. The monoisotopic (exact) mass is 339 g/mol. The minimum atomic E-state index is -0.429. The van der Waals surface area contributed by atoms with Gasteiger partial charge in [-0.3, -0.25) is 10.1 Å². The number of nitro benzene ring substituents is 1. The number of rotatable bonds is 3. The molecule has 0 amide bonds. The van der Waals surface area contributed by atoms with Gasteiger partial charge in [-0.05, 0) is 28.4 Å². The standard InChI is InChI=1S/C12H10BrN3O2S/c1-2-8-10(13)12(19)15-11(14-8)7-5-3-4-6-9(7)16(17)18/h3-6H,2H2,1H3,(H,14,15,19). The fraction of sp³-hybridized carbons (Fsp3) is 0.167. The number of nitrogens with one attached hydrogen (secondary N) is 1. The number of nitro groups is 1.